The van der Waals surface area contributed by atoms with Gasteiger partial charge in [-0.25, -0.2) is 0 Å². The topological polar surface area (TPSA) is 42.2 Å². The number of hydrogen-bond acceptors (Lipinski definition) is 3. The normalized spacial score (nSPS) is 28.7. The molecule has 31 heavy (non-hydrogen) atoms. The third-order valence-corrected chi connectivity index (χ3v) is 7.35. The van der Waals surface area contributed by atoms with Crippen LogP contribution < -0.4 is 0 Å². The highest BCUT2D eigenvalue weighted by Crippen LogP contribution is 2.45. The number of ether oxygens (including phenoxy) is 2. The Morgan fingerprint density at radius 3 is 1.90 bits per heavy atom. The molecule has 1 saturated carbocycles. The third-order valence-electron chi connectivity index (χ3n) is 7.35. The molecule has 2 aromatic rings. The van der Waals surface area contributed by atoms with Gasteiger partial charge in [-0.2, -0.15) is 5.26 Å². The van der Waals surface area contributed by atoms with Crippen LogP contribution in [0.5, 0.6) is 0 Å². The van der Waals surface area contributed by atoms with Crippen LogP contribution in [0.2, 0.25) is 0 Å². The highest BCUT2D eigenvalue weighted by atomic mass is 16.7. The van der Waals surface area contributed by atoms with E-state index < -0.39 is 0 Å². The molecule has 0 atom stereocenters. The van der Waals surface area contributed by atoms with E-state index in [1.165, 1.54) is 16.7 Å². The van der Waals surface area contributed by atoms with Crippen molar-refractivity contribution in [2.24, 2.45) is 11.3 Å². The Kier molecular flexibility index (Phi) is 7.10. The van der Waals surface area contributed by atoms with E-state index in [0.29, 0.717) is 11.8 Å². The molecule has 0 radical (unpaired) electrons. The number of hydrogen-bond donors (Lipinski definition) is 0. The summed E-state index contributed by atoms with van der Waals surface area (Å²) in [5.41, 5.74) is 4.88. The summed E-state index contributed by atoms with van der Waals surface area (Å²) >= 11 is 0. The standard InChI is InChI=1S/C28H35NO2/c1-3-15-28(20-29)16-13-25(14-17-28)24-7-5-22(6-8-24)23-9-11-26(12-10-23)27-30-18-21(4-2)19-31-27/h5-12,21,25,27H,3-4,13-19H2,1-2H3. The summed E-state index contributed by atoms with van der Waals surface area (Å²) in [5.74, 6) is 1.10. The van der Waals surface area contributed by atoms with E-state index in [-0.39, 0.29) is 11.7 Å². The summed E-state index contributed by atoms with van der Waals surface area (Å²) in [7, 11) is 0. The Morgan fingerprint density at radius 1 is 0.871 bits per heavy atom. The van der Waals surface area contributed by atoms with Gasteiger partial charge in [0.2, 0.25) is 0 Å². The zero-order chi connectivity index (χ0) is 21.7. The van der Waals surface area contributed by atoms with Crippen LogP contribution in [0.1, 0.15) is 82.1 Å². The van der Waals surface area contributed by atoms with Crippen molar-refractivity contribution in [3.63, 3.8) is 0 Å². The quantitative estimate of drug-likeness (QED) is 0.492. The maximum atomic E-state index is 9.65. The summed E-state index contributed by atoms with van der Waals surface area (Å²) in [6.45, 7) is 5.92. The van der Waals surface area contributed by atoms with Gasteiger partial charge in [-0.3, -0.25) is 0 Å². The number of benzene rings is 2. The zero-order valence-electron chi connectivity index (χ0n) is 19.0. The minimum Gasteiger partial charge on any atom is -0.348 e. The molecule has 0 bridgehead atoms. The van der Waals surface area contributed by atoms with Crippen LogP contribution in [-0.4, -0.2) is 13.2 Å². The molecule has 1 aliphatic heterocycles. The first-order valence-electron chi connectivity index (χ1n) is 12.0. The fraction of sp³-hybridized carbons (Fsp3) is 0.536. The van der Waals surface area contributed by atoms with Crippen molar-refractivity contribution in [2.45, 2.75) is 71.0 Å². The van der Waals surface area contributed by atoms with Gasteiger partial charge in [-0.15, -0.1) is 0 Å². The second kappa shape index (κ2) is 9.98. The molecule has 2 aromatic carbocycles. The fourth-order valence-electron chi connectivity index (χ4n) is 5.15. The Hall–Kier alpha value is -2.15. The van der Waals surface area contributed by atoms with Crippen molar-refractivity contribution in [3.8, 4) is 17.2 Å². The summed E-state index contributed by atoms with van der Waals surface area (Å²) in [5, 5.41) is 9.65. The molecule has 0 unspecified atom stereocenters. The predicted molar refractivity (Wildman–Crippen MR) is 124 cm³/mol. The first-order valence-corrected chi connectivity index (χ1v) is 12.0. The smallest absolute Gasteiger partial charge is 0.183 e. The Balaban J connectivity index is 1.37. The number of rotatable bonds is 6. The van der Waals surface area contributed by atoms with Gasteiger partial charge in [0.15, 0.2) is 6.29 Å². The second-order valence-corrected chi connectivity index (χ2v) is 9.43. The first kappa shape index (κ1) is 22.1. The first-order chi connectivity index (χ1) is 15.2. The molecule has 0 amide bonds. The van der Waals surface area contributed by atoms with Gasteiger partial charge < -0.3 is 9.47 Å². The summed E-state index contributed by atoms with van der Waals surface area (Å²) in [6, 6.07) is 20.2. The molecule has 1 saturated heterocycles. The van der Waals surface area contributed by atoms with Crippen molar-refractivity contribution in [1.29, 1.82) is 5.26 Å². The molecule has 2 fully saturated rings. The largest absolute Gasteiger partial charge is 0.348 e. The molecular weight excluding hydrogens is 382 g/mol. The molecule has 164 valence electrons. The molecule has 1 aliphatic carbocycles. The van der Waals surface area contributed by atoms with Gasteiger partial charge >= 0.3 is 0 Å². The van der Waals surface area contributed by atoms with Gasteiger partial charge in [0.05, 0.1) is 24.7 Å². The SMILES string of the molecule is CCCC1(C#N)CCC(c2ccc(-c3ccc(C4OCC(CC)CO4)cc3)cc2)CC1. The summed E-state index contributed by atoms with van der Waals surface area (Å²) in [6.07, 6.45) is 7.33. The zero-order valence-corrected chi connectivity index (χ0v) is 19.0. The van der Waals surface area contributed by atoms with Crippen molar-refractivity contribution < 1.29 is 9.47 Å². The lowest BCUT2D eigenvalue weighted by Gasteiger charge is -2.35. The van der Waals surface area contributed by atoms with Crippen LogP contribution in [0.4, 0.5) is 0 Å². The number of nitrogens with zero attached hydrogens (tertiary/aromatic N) is 1. The van der Waals surface area contributed by atoms with Crippen LogP contribution in [0.25, 0.3) is 11.1 Å². The van der Waals surface area contributed by atoms with Gasteiger partial charge in [0, 0.05) is 11.5 Å². The lowest BCUT2D eigenvalue weighted by Crippen LogP contribution is -2.26. The molecule has 0 aromatic heterocycles. The maximum absolute atomic E-state index is 9.65. The molecule has 1 heterocycles. The molecule has 4 rings (SSSR count). The fourth-order valence-corrected chi connectivity index (χ4v) is 5.15. The van der Waals surface area contributed by atoms with E-state index in [2.05, 4.69) is 68.4 Å². The van der Waals surface area contributed by atoms with E-state index in [9.17, 15) is 5.26 Å². The molecule has 0 N–H and O–H groups in total. The van der Waals surface area contributed by atoms with Crippen molar-refractivity contribution in [2.75, 3.05) is 13.2 Å². The van der Waals surface area contributed by atoms with Crippen LogP contribution in [0.15, 0.2) is 48.5 Å². The van der Waals surface area contributed by atoms with Crippen LogP contribution in [0, 0.1) is 22.7 Å². The maximum Gasteiger partial charge on any atom is 0.183 e. The van der Waals surface area contributed by atoms with Gasteiger partial charge in [0.1, 0.15) is 0 Å². The van der Waals surface area contributed by atoms with Crippen LogP contribution in [0.3, 0.4) is 0 Å². The lowest BCUT2D eigenvalue weighted by molar-refractivity contribution is -0.205. The van der Waals surface area contributed by atoms with Crippen LogP contribution in [-0.2, 0) is 9.47 Å². The van der Waals surface area contributed by atoms with Gasteiger partial charge in [0.25, 0.3) is 0 Å². The second-order valence-electron chi connectivity index (χ2n) is 9.43. The Bertz CT molecular complexity index is 865. The Morgan fingerprint density at radius 2 is 1.42 bits per heavy atom. The highest BCUT2D eigenvalue weighted by Gasteiger charge is 2.35. The van der Waals surface area contributed by atoms with E-state index in [4.69, 9.17) is 9.47 Å². The highest BCUT2D eigenvalue weighted by molar-refractivity contribution is 5.64. The van der Waals surface area contributed by atoms with Crippen molar-refractivity contribution in [1.82, 2.24) is 0 Å². The number of nitriles is 1. The average molecular weight is 418 g/mol. The van der Waals surface area contributed by atoms with E-state index in [1.807, 2.05) is 0 Å². The third kappa shape index (κ3) is 5.03. The molecule has 3 nitrogen and oxygen atoms in total. The average Bonchev–Trinajstić information content (AvgIpc) is 2.85. The molecule has 3 heteroatoms. The summed E-state index contributed by atoms with van der Waals surface area (Å²) in [4.78, 5) is 0. The van der Waals surface area contributed by atoms with Crippen molar-refractivity contribution >= 4 is 0 Å². The minimum atomic E-state index is -0.237. The minimum absolute atomic E-state index is 0.0733. The molecular formula is C28H35NO2. The van der Waals surface area contributed by atoms with Gasteiger partial charge in [-0.1, -0.05) is 68.8 Å². The summed E-state index contributed by atoms with van der Waals surface area (Å²) < 4.78 is 11.8. The molecule has 2 aliphatic rings. The lowest BCUT2D eigenvalue weighted by atomic mass is 9.68. The van der Waals surface area contributed by atoms with E-state index in [0.717, 1.165) is 63.7 Å². The molecule has 0 spiro atoms. The monoisotopic (exact) mass is 417 g/mol. The Labute approximate surface area is 187 Å². The van der Waals surface area contributed by atoms with E-state index in [1.54, 1.807) is 0 Å². The van der Waals surface area contributed by atoms with Crippen LogP contribution >= 0.6 is 0 Å². The predicted octanol–water partition coefficient (Wildman–Crippen LogP) is 7.39. The van der Waals surface area contributed by atoms with Gasteiger partial charge in [-0.05, 0) is 61.1 Å². The van der Waals surface area contributed by atoms with Crippen molar-refractivity contribution in [3.05, 3.63) is 59.7 Å². The van der Waals surface area contributed by atoms with E-state index >= 15 is 0 Å².